The first kappa shape index (κ1) is 16.0. The van der Waals surface area contributed by atoms with Gasteiger partial charge >= 0.3 is 5.97 Å². The Morgan fingerprint density at radius 3 is 2.69 bits per heavy atom. The van der Waals surface area contributed by atoms with Crippen molar-refractivity contribution in [2.24, 2.45) is 5.92 Å². The van der Waals surface area contributed by atoms with Crippen molar-refractivity contribution in [3.63, 3.8) is 0 Å². The highest BCUT2D eigenvalue weighted by Gasteiger charge is 2.51. The number of carbonyl (C=O) groups is 1. The van der Waals surface area contributed by atoms with E-state index in [9.17, 15) is 4.79 Å². The summed E-state index contributed by atoms with van der Waals surface area (Å²) in [4.78, 5) is 15.6. The van der Waals surface area contributed by atoms with Crippen LogP contribution in [-0.2, 0) is 10.2 Å². The van der Waals surface area contributed by atoms with Gasteiger partial charge in [0.2, 0.25) is 5.89 Å². The lowest BCUT2D eigenvalue weighted by molar-refractivity contribution is -0.145. The van der Waals surface area contributed by atoms with Crippen molar-refractivity contribution in [1.29, 1.82) is 0 Å². The SMILES string of the molecule is O=C(O)[C@H]1C[C@@H](c2nc(C3(CN[C@H]4C[C@@H]4c4ccccc4)CC3)no2)C1. The van der Waals surface area contributed by atoms with Crippen molar-refractivity contribution in [3.05, 3.63) is 47.6 Å². The van der Waals surface area contributed by atoms with Crippen molar-refractivity contribution < 1.29 is 14.4 Å². The summed E-state index contributed by atoms with van der Waals surface area (Å²) in [6.45, 7) is 0.891. The van der Waals surface area contributed by atoms with Gasteiger partial charge in [0.1, 0.15) is 0 Å². The minimum atomic E-state index is -0.721. The number of rotatable bonds is 7. The van der Waals surface area contributed by atoms with E-state index in [1.54, 1.807) is 0 Å². The summed E-state index contributed by atoms with van der Waals surface area (Å²) in [7, 11) is 0. The molecular weight excluding hydrogens is 330 g/mol. The molecule has 2 aromatic rings. The standard InChI is InChI=1S/C20H23N3O3/c24-18(25)14-8-13(9-14)17-22-19(23-26-17)20(6-7-20)11-21-16-10-15(16)12-4-2-1-3-5-12/h1-5,13-16,21H,6-11H2,(H,24,25)/t13-,14+,15-,16+/m1/s1. The molecule has 3 aliphatic rings. The molecule has 1 aromatic carbocycles. The highest BCUT2D eigenvalue weighted by Crippen LogP contribution is 2.49. The second-order valence-corrected chi connectivity index (χ2v) is 8.18. The van der Waals surface area contributed by atoms with Crippen LogP contribution in [0, 0.1) is 5.92 Å². The monoisotopic (exact) mass is 353 g/mol. The van der Waals surface area contributed by atoms with Gasteiger partial charge in [0.25, 0.3) is 0 Å². The topological polar surface area (TPSA) is 88.2 Å². The third-order valence-corrected chi connectivity index (χ3v) is 6.33. The van der Waals surface area contributed by atoms with Crippen LogP contribution in [0.5, 0.6) is 0 Å². The van der Waals surface area contributed by atoms with Crippen molar-refractivity contribution in [3.8, 4) is 0 Å². The van der Waals surface area contributed by atoms with Gasteiger partial charge in [0.05, 0.1) is 5.92 Å². The van der Waals surface area contributed by atoms with Gasteiger partial charge in [-0.1, -0.05) is 35.5 Å². The van der Waals surface area contributed by atoms with Gasteiger partial charge in [-0.25, -0.2) is 0 Å². The van der Waals surface area contributed by atoms with Crippen LogP contribution in [0.4, 0.5) is 0 Å². The number of carboxylic acid groups (broad SMARTS) is 1. The molecule has 3 fully saturated rings. The van der Waals surface area contributed by atoms with Gasteiger partial charge in [-0.3, -0.25) is 4.79 Å². The van der Waals surface area contributed by atoms with Gasteiger partial charge in [-0.15, -0.1) is 0 Å². The first-order valence-electron chi connectivity index (χ1n) is 9.50. The number of benzene rings is 1. The maximum atomic E-state index is 10.9. The van der Waals surface area contributed by atoms with Crippen LogP contribution in [0.3, 0.4) is 0 Å². The Labute approximate surface area is 152 Å². The molecule has 1 aromatic heterocycles. The second-order valence-electron chi connectivity index (χ2n) is 8.18. The fourth-order valence-electron chi connectivity index (χ4n) is 4.08. The molecule has 6 nitrogen and oxygen atoms in total. The quantitative estimate of drug-likeness (QED) is 0.796. The average molecular weight is 353 g/mol. The summed E-state index contributed by atoms with van der Waals surface area (Å²) in [5.74, 6) is 1.19. The lowest BCUT2D eigenvalue weighted by atomic mass is 9.75. The molecule has 0 unspecified atom stereocenters. The van der Waals surface area contributed by atoms with Crippen LogP contribution in [0.25, 0.3) is 0 Å². The van der Waals surface area contributed by atoms with Crippen LogP contribution < -0.4 is 5.32 Å². The highest BCUT2D eigenvalue weighted by molar-refractivity contribution is 5.71. The van der Waals surface area contributed by atoms with Gasteiger partial charge < -0.3 is 14.9 Å². The molecule has 0 aliphatic heterocycles. The first-order valence-corrected chi connectivity index (χ1v) is 9.50. The lowest BCUT2D eigenvalue weighted by Crippen LogP contribution is -2.30. The smallest absolute Gasteiger partial charge is 0.306 e. The highest BCUT2D eigenvalue weighted by atomic mass is 16.5. The predicted octanol–water partition coefficient (Wildman–Crippen LogP) is 2.83. The van der Waals surface area contributed by atoms with Crippen LogP contribution >= 0.6 is 0 Å². The summed E-state index contributed by atoms with van der Waals surface area (Å²) < 4.78 is 5.45. The van der Waals surface area contributed by atoms with E-state index >= 15 is 0 Å². The fraction of sp³-hybridized carbons (Fsp3) is 0.550. The second kappa shape index (κ2) is 5.91. The molecule has 136 valence electrons. The molecule has 2 N–H and O–H groups in total. The molecule has 0 amide bonds. The summed E-state index contributed by atoms with van der Waals surface area (Å²) >= 11 is 0. The maximum Gasteiger partial charge on any atom is 0.306 e. The molecule has 3 aliphatic carbocycles. The summed E-state index contributed by atoms with van der Waals surface area (Å²) in [5, 5.41) is 16.9. The largest absolute Gasteiger partial charge is 0.481 e. The van der Waals surface area contributed by atoms with Crippen LogP contribution in [0.1, 0.15) is 61.2 Å². The Hall–Kier alpha value is -2.21. The summed E-state index contributed by atoms with van der Waals surface area (Å²) in [6.07, 6.45) is 4.59. The summed E-state index contributed by atoms with van der Waals surface area (Å²) in [6, 6.07) is 11.2. The van der Waals surface area contributed by atoms with E-state index in [1.807, 2.05) is 0 Å². The molecule has 6 heteroatoms. The van der Waals surface area contributed by atoms with E-state index in [0.717, 1.165) is 25.2 Å². The minimum absolute atomic E-state index is 0.0154. The average Bonchev–Trinajstić information content (AvgIpc) is 3.50. The molecular formula is C20H23N3O3. The zero-order valence-electron chi connectivity index (χ0n) is 14.6. The molecule has 3 saturated carbocycles. The Morgan fingerprint density at radius 2 is 2.00 bits per heavy atom. The molecule has 0 bridgehead atoms. The molecule has 0 spiro atoms. The number of hydrogen-bond donors (Lipinski definition) is 2. The summed E-state index contributed by atoms with van der Waals surface area (Å²) in [5.41, 5.74) is 1.43. The van der Waals surface area contributed by atoms with Gasteiger partial charge in [-0.2, -0.15) is 4.98 Å². The Morgan fingerprint density at radius 1 is 1.23 bits per heavy atom. The van der Waals surface area contributed by atoms with Gasteiger partial charge in [0.15, 0.2) is 5.82 Å². The van der Waals surface area contributed by atoms with Crippen LogP contribution in [0.15, 0.2) is 34.9 Å². The van der Waals surface area contributed by atoms with E-state index in [-0.39, 0.29) is 17.3 Å². The maximum absolute atomic E-state index is 10.9. The van der Waals surface area contributed by atoms with Crippen molar-refractivity contribution in [2.45, 2.75) is 55.4 Å². The van der Waals surface area contributed by atoms with E-state index in [0.29, 0.717) is 30.7 Å². The van der Waals surface area contributed by atoms with E-state index in [1.165, 1.54) is 12.0 Å². The van der Waals surface area contributed by atoms with Crippen molar-refractivity contribution in [2.75, 3.05) is 6.54 Å². The number of carboxylic acids is 1. The van der Waals surface area contributed by atoms with E-state index < -0.39 is 5.97 Å². The number of hydrogen-bond acceptors (Lipinski definition) is 5. The van der Waals surface area contributed by atoms with Crippen molar-refractivity contribution in [1.82, 2.24) is 15.5 Å². The zero-order chi connectivity index (χ0) is 17.7. The molecule has 1 heterocycles. The number of nitrogens with one attached hydrogen (secondary N) is 1. The zero-order valence-corrected chi connectivity index (χ0v) is 14.6. The van der Waals surface area contributed by atoms with Gasteiger partial charge in [-0.05, 0) is 37.7 Å². The third-order valence-electron chi connectivity index (χ3n) is 6.33. The van der Waals surface area contributed by atoms with Crippen LogP contribution in [0.2, 0.25) is 0 Å². The normalized spacial score (nSPS) is 31.2. The molecule has 26 heavy (non-hydrogen) atoms. The number of nitrogens with zero attached hydrogens (tertiary/aromatic N) is 2. The van der Waals surface area contributed by atoms with Crippen LogP contribution in [-0.4, -0.2) is 33.8 Å². The first-order chi connectivity index (χ1) is 12.6. The third kappa shape index (κ3) is 2.82. The molecule has 2 atom stereocenters. The van der Waals surface area contributed by atoms with Crippen molar-refractivity contribution >= 4 is 5.97 Å². The van der Waals surface area contributed by atoms with E-state index in [2.05, 4.69) is 45.8 Å². The van der Waals surface area contributed by atoms with Gasteiger partial charge in [0, 0.05) is 29.8 Å². The van der Waals surface area contributed by atoms with E-state index in [4.69, 9.17) is 9.63 Å². The minimum Gasteiger partial charge on any atom is -0.481 e. The Bertz CT molecular complexity index is 809. The Balaban J connectivity index is 1.17. The molecule has 0 saturated heterocycles. The lowest BCUT2D eigenvalue weighted by Gasteiger charge is -2.28. The number of aromatic nitrogens is 2. The number of aliphatic carboxylic acids is 1. The Kier molecular flexibility index (Phi) is 3.64. The molecule has 0 radical (unpaired) electrons. The fourth-order valence-corrected chi connectivity index (χ4v) is 4.08. The molecule has 5 rings (SSSR count). The predicted molar refractivity (Wildman–Crippen MR) is 93.9 cm³/mol.